The zero-order valence-electron chi connectivity index (χ0n) is 22.0. The summed E-state index contributed by atoms with van der Waals surface area (Å²) in [5.74, 6) is -0.329. The lowest BCUT2D eigenvalue weighted by molar-refractivity contribution is -0.112. The highest BCUT2D eigenvalue weighted by Gasteiger charge is 2.31. The van der Waals surface area contributed by atoms with E-state index in [0.717, 1.165) is 16.7 Å². The van der Waals surface area contributed by atoms with Crippen LogP contribution in [0.1, 0.15) is 72.9 Å². The molecular weight excluding hydrogens is 454 g/mol. The molecule has 182 valence electrons. The molecule has 0 bridgehead atoms. The molecule has 0 amide bonds. The van der Waals surface area contributed by atoms with Crippen LogP contribution in [-0.4, -0.2) is 33.5 Å². The Morgan fingerprint density at radius 2 is 1.09 bits per heavy atom. The number of ketones is 1. The molecule has 0 radical (unpaired) electrons. The Kier molecular flexibility index (Phi) is 8.94. The Labute approximate surface area is 209 Å². The average Bonchev–Trinajstić information content (AvgIpc) is 2.76. The Morgan fingerprint density at radius 3 is 1.56 bits per heavy atom. The Hall–Kier alpha value is -1.75. The zero-order chi connectivity index (χ0) is 25.2. The molecule has 34 heavy (non-hydrogen) atoms. The van der Waals surface area contributed by atoms with Gasteiger partial charge in [0, 0.05) is 11.1 Å². The van der Waals surface area contributed by atoms with Gasteiger partial charge in [-0.25, -0.2) is 0 Å². The van der Waals surface area contributed by atoms with Crippen molar-refractivity contribution in [3.8, 4) is 0 Å². The Bertz CT molecular complexity index is 1080. The number of Topliss-reactive ketones (excluding diaryl/α,β-unsaturated/α-hetero) is 1. The molecule has 4 heteroatoms. The highest BCUT2D eigenvalue weighted by Crippen LogP contribution is 2.49. The highest BCUT2D eigenvalue weighted by atomic mass is 31.1. The van der Waals surface area contributed by atoms with Crippen LogP contribution >= 0.6 is 15.8 Å². The average molecular weight is 495 g/mol. The molecule has 2 aromatic carbocycles. The minimum absolute atomic E-state index is 0.0827. The molecule has 0 unspecified atom stereocenters. The number of carbonyl (C=O) groups excluding carboxylic acids is 1. The lowest BCUT2D eigenvalue weighted by atomic mass is 9.88. The van der Waals surface area contributed by atoms with E-state index in [0.29, 0.717) is 34.6 Å². The van der Waals surface area contributed by atoms with E-state index in [1.807, 2.05) is 18.2 Å². The topological polar surface area (TPSA) is 37.3 Å². The van der Waals surface area contributed by atoms with Crippen molar-refractivity contribution in [2.24, 2.45) is 0 Å². The van der Waals surface area contributed by atoms with Crippen LogP contribution in [0.3, 0.4) is 0 Å². The number of aliphatic hydroxyl groups excluding tert-OH is 1. The normalized spacial score (nSPS) is 15.0. The van der Waals surface area contributed by atoms with E-state index in [-0.39, 0.29) is 11.5 Å². The summed E-state index contributed by atoms with van der Waals surface area (Å²) >= 11 is 0. The molecule has 0 aliphatic heterocycles. The van der Waals surface area contributed by atoms with Crippen LogP contribution in [0.5, 0.6) is 0 Å². The van der Waals surface area contributed by atoms with Gasteiger partial charge in [-0.1, -0.05) is 126 Å². The molecule has 1 aliphatic carbocycles. The molecule has 0 aromatic heterocycles. The third-order valence-electron chi connectivity index (χ3n) is 6.46. The predicted octanol–water partition coefficient (Wildman–Crippen LogP) is 7.86. The third kappa shape index (κ3) is 5.40. The molecule has 0 saturated carbocycles. The van der Waals surface area contributed by atoms with Gasteiger partial charge in [0.05, 0.1) is 0 Å². The van der Waals surface area contributed by atoms with Crippen molar-refractivity contribution >= 4 is 43.4 Å². The van der Waals surface area contributed by atoms with Crippen LogP contribution in [0.15, 0.2) is 60.4 Å². The fourth-order valence-electron chi connectivity index (χ4n) is 5.31. The van der Waals surface area contributed by atoms with Crippen molar-refractivity contribution in [3.05, 3.63) is 71.5 Å². The third-order valence-corrected chi connectivity index (χ3v) is 12.8. The molecule has 0 atom stereocenters. The van der Waals surface area contributed by atoms with Crippen molar-refractivity contribution < 1.29 is 9.90 Å². The second-order valence-electron chi connectivity index (χ2n) is 10.2. The van der Waals surface area contributed by atoms with Crippen molar-refractivity contribution in [2.45, 2.75) is 84.4 Å². The van der Waals surface area contributed by atoms with E-state index in [2.05, 4.69) is 91.8 Å². The summed E-state index contributed by atoms with van der Waals surface area (Å²) in [5.41, 5.74) is 5.55. The van der Waals surface area contributed by atoms with Crippen molar-refractivity contribution in [2.75, 3.05) is 0 Å². The van der Waals surface area contributed by atoms with Crippen LogP contribution in [0, 0.1) is 0 Å². The second kappa shape index (κ2) is 11.3. The Morgan fingerprint density at radius 1 is 0.676 bits per heavy atom. The standard InChI is InChI=1S/C30H40O2P2/c1-19(2)33(20(3)4)27-15-11-9-13-23(27)25-17-18-26(30(32)29(25)31)24-14-10-12-16-28(24)34(21(5)6)22(7)8/h9-17,19-22,32H,18H2,1-8H3. The number of carbonyl (C=O) groups is 1. The van der Waals surface area contributed by atoms with Gasteiger partial charge in [-0.2, -0.15) is 0 Å². The summed E-state index contributed by atoms with van der Waals surface area (Å²) in [4.78, 5) is 13.6. The molecule has 2 aromatic rings. The number of aliphatic hydroxyl groups is 1. The number of allylic oxidation sites excluding steroid dienone is 3. The number of hydrogen-bond donors (Lipinski definition) is 1. The van der Waals surface area contributed by atoms with Gasteiger partial charge in [0.1, 0.15) is 0 Å². The summed E-state index contributed by atoms with van der Waals surface area (Å²) in [7, 11) is -0.835. The van der Waals surface area contributed by atoms with Crippen LogP contribution in [-0.2, 0) is 4.79 Å². The summed E-state index contributed by atoms with van der Waals surface area (Å²) in [6.07, 6.45) is 2.62. The monoisotopic (exact) mass is 494 g/mol. The van der Waals surface area contributed by atoms with Crippen LogP contribution in [0.25, 0.3) is 11.1 Å². The molecule has 0 heterocycles. The first kappa shape index (κ1) is 26.8. The van der Waals surface area contributed by atoms with Gasteiger partial charge in [-0.05, 0) is 50.8 Å². The van der Waals surface area contributed by atoms with Crippen LogP contribution in [0.2, 0.25) is 0 Å². The minimum Gasteiger partial charge on any atom is -0.504 e. The van der Waals surface area contributed by atoms with Crippen LogP contribution in [0.4, 0.5) is 0 Å². The minimum atomic E-state index is -0.424. The molecule has 2 nitrogen and oxygen atoms in total. The number of rotatable bonds is 8. The maximum absolute atomic E-state index is 13.6. The van der Waals surface area contributed by atoms with E-state index in [9.17, 15) is 9.90 Å². The predicted molar refractivity (Wildman–Crippen MR) is 154 cm³/mol. The van der Waals surface area contributed by atoms with Gasteiger partial charge in [0.2, 0.25) is 5.78 Å². The summed E-state index contributed by atoms with van der Waals surface area (Å²) < 4.78 is 0. The van der Waals surface area contributed by atoms with Gasteiger partial charge >= 0.3 is 0 Å². The fourth-order valence-corrected chi connectivity index (χ4v) is 11.4. The van der Waals surface area contributed by atoms with Gasteiger partial charge in [0.25, 0.3) is 0 Å². The maximum atomic E-state index is 13.6. The molecule has 0 fully saturated rings. The van der Waals surface area contributed by atoms with E-state index in [1.54, 1.807) is 0 Å². The van der Waals surface area contributed by atoms with Gasteiger partial charge < -0.3 is 5.11 Å². The lowest BCUT2D eigenvalue weighted by Crippen LogP contribution is -2.23. The maximum Gasteiger partial charge on any atom is 0.227 e. The SMILES string of the molecule is CC(C)P(c1ccccc1C1=CCC(c2ccccc2P(C(C)C)C(C)C)=C(O)C1=O)C(C)C. The fraction of sp³-hybridized carbons (Fsp3) is 0.433. The van der Waals surface area contributed by atoms with Crippen molar-refractivity contribution in [1.82, 2.24) is 0 Å². The van der Waals surface area contributed by atoms with Gasteiger partial charge in [-0.15, -0.1) is 0 Å². The molecule has 1 aliphatic rings. The zero-order valence-corrected chi connectivity index (χ0v) is 23.8. The smallest absolute Gasteiger partial charge is 0.227 e. The summed E-state index contributed by atoms with van der Waals surface area (Å²) in [5, 5.41) is 13.8. The molecule has 0 spiro atoms. The highest BCUT2D eigenvalue weighted by molar-refractivity contribution is 7.67. The number of benzene rings is 2. The summed E-state index contributed by atoms with van der Waals surface area (Å²) in [6.45, 7) is 18.2. The molecule has 0 saturated heterocycles. The Balaban J connectivity index is 2.07. The number of hydrogen-bond acceptors (Lipinski definition) is 2. The van der Waals surface area contributed by atoms with E-state index in [4.69, 9.17) is 0 Å². The quantitative estimate of drug-likeness (QED) is 0.379. The van der Waals surface area contributed by atoms with E-state index in [1.165, 1.54) is 10.6 Å². The lowest BCUT2D eigenvalue weighted by Gasteiger charge is -2.30. The first-order chi connectivity index (χ1) is 16.1. The van der Waals surface area contributed by atoms with Crippen molar-refractivity contribution in [1.29, 1.82) is 0 Å². The second-order valence-corrected chi connectivity index (χ2v) is 16.9. The first-order valence-electron chi connectivity index (χ1n) is 12.5. The molecular formula is C30H40O2P2. The van der Waals surface area contributed by atoms with Crippen molar-refractivity contribution in [3.63, 3.8) is 0 Å². The van der Waals surface area contributed by atoms with E-state index >= 15 is 0 Å². The molecule has 1 N–H and O–H groups in total. The summed E-state index contributed by atoms with van der Waals surface area (Å²) in [6, 6.07) is 16.7. The molecule has 3 rings (SSSR count). The van der Waals surface area contributed by atoms with Crippen LogP contribution < -0.4 is 10.6 Å². The largest absolute Gasteiger partial charge is 0.504 e. The van der Waals surface area contributed by atoms with E-state index < -0.39 is 15.8 Å². The van der Waals surface area contributed by atoms with Gasteiger partial charge in [0.15, 0.2) is 5.76 Å². The van der Waals surface area contributed by atoms with Gasteiger partial charge in [-0.3, -0.25) is 4.79 Å². The first-order valence-corrected chi connectivity index (χ1v) is 15.4.